The molecule has 1 aromatic carbocycles. The number of likely N-dealkylation sites (N-methyl/N-ethyl adjacent to an activating group) is 1. The molecule has 0 saturated heterocycles. The summed E-state index contributed by atoms with van der Waals surface area (Å²) >= 11 is 7.76. The summed E-state index contributed by atoms with van der Waals surface area (Å²) in [6.45, 7) is 5.06. The van der Waals surface area contributed by atoms with Crippen LogP contribution in [0.5, 0.6) is 5.75 Å². The molecule has 5 nitrogen and oxygen atoms in total. The van der Waals surface area contributed by atoms with Gasteiger partial charge in [0.25, 0.3) is 5.91 Å². The maximum Gasteiger partial charge on any atom is 0.275 e. The lowest BCUT2D eigenvalue weighted by Crippen LogP contribution is -3.09. The third-order valence-electron chi connectivity index (χ3n) is 3.36. The number of ether oxygens (including phenoxy) is 1. The molecule has 24 heavy (non-hydrogen) atoms. The molecule has 130 valence electrons. The average molecular weight is 369 g/mol. The monoisotopic (exact) mass is 368 g/mol. The maximum atomic E-state index is 11.8. The van der Waals surface area contributed by atoms with E-state index in [0.717, 1.165) is 21.2 Å². The third-order valence-corrected chi connectivity index (χ3v) is 4.51. The van der Waals surface area contributed by atoms with Gasteiger partial charge in [0.05, 0.1) is 24.9 Å². The number of hydrogen-bond donors (Lipinski definition) is 2. The predicted molar refractivity (Wildman–Crippen MR) is 97.8 cm³/mol. The van der Waals surface area contributed by atoms with Crippen LogP contribution in [-0.4, -0.2) is 37.6 Å². The van der Waals surface area contributed by atoms with Crippen molar-refractivity contribution in [3.63, 3.8) is 0 Å². The van der Waals surface area contributed by atoms with Gasteiger partial charge in [-0.1, -0.05) is 11.6 Å². The van der Waals surface area contributed by atoms with Gasteiger partial charge >= 0.3 is 0 Å². The second-order valence-electron chi connectivity index (χ2n) is 6.01. The fourth-order valence-corrected chi connectivity index (χ4v) is 3.49. The van der Waals surface area contributed by atoms with Gasteiger partial charge in [-0.25, -0.2) is 4.98 Å². The number of rotatable bonds is 7. The largest absolute Gasteiger partial charge is 0.495 e. The second-order valence-corrected chi connectivity index (χ2v) is 7.36. The molecule has 2 rings (SSSR count). The Morgan fingerprint density at radius 3 is 2.83 bits per heavy atom. The van der Waals surface area contributed by atoms with Gasteiger partial charge in [0.2, 0.25) is 0 Å². The van der Waals surface area contributed by atoms with E-state index in [1.54, 1.807) is 18.4 Å². The van der Waals surface area contributed by atoms with E-state index in [0.29, 0.717) is 23.9 Å². The summed E-state index contributed by atoms with van der Waals surface area (Å²) in [5, 5.41) is 6.47. The van der Waals surface area contributed by atoms with Crippen LogP contribution in [0.4, 0.5) is 0 Å². The standard InChI is InChI=1S/C17H22ClN3O2S/c1-11(2)19-16(22)8-21(3)9-17-20-14(10-24-17)12-5-6-15(23-4)13(18)7-12/h5-7,10-11H,8-9H2,1-4H3,(H,19,22)/p+1. The summed E-state index contributed by atoms with van der Waals surface area (Å²) in [4.78, 5) is 17.6. The lowest BCUT2D eigenvalue weighted by atomic mass is 10.2. The van der Waals surface area contributed by atoms with E-state index in [2.05, 4.69) is 10.3 Å². The molecule has 0 radical (unpaired) electrons. The number of nitrogens with one attached hydrogen (secondary N) is 2. The Morgan fingerprint density at radius 1 is 1.46 bits per heavy atom. The van der Waals surface area contributed by atoms with Gasteiger partial charge in [0, 0.05) is 17.0 Å². The second kappa shape index (κ2) is 8.46. The number of nitrogens with zero attached hydrogens (tertiary/aromatic N) is 1. The first kappa shape index (κ1) is 18.7. The molecule has 1 amide bonds. The molecule has 2 aromatic rings. The van der Waals surface area contributed by atoms with E-state index in [4.69, 9.17) is 16.3 Å². The minimum atomic E-state index is 0.0567. The highest BCUT2D eigenvalue weighted by Crippen LogP contribution is 2.30. The molecule has 1 atom stereocenters. The molecule has 0 aliphatic carbocycles. The normalized spacial score (nSPS) is 12.2. The number of aromatic nitrogens is 1. The minimum Gasteiger partial charge on any atom is -0.495 e. The van der Waals surface area contributed by atoms with Crippen molar-refractivity contribution in [2.45, 2.75) is 26.4 Å². The molecule has 1 heterocycles. The Labute approximate surface area is 151 Å². The Morgan fingerprint density at radius 2 is 2.21 bits per heavy atom. The number of amides is 1. The molecule has 2 N–H and O–H groups in total. The van der Waals surface area contributed by atoms with Gasteiger partial charge in [-0.3, -0.25) is 4.79 Å². The van der Waals surface area contributed by atoms with Crippen molar-refractivity contribution in [2.75, 3.05) is 20.7 Å². The molecule has 7 heteroatoms. The zero-order valence-electron chi connectivity index (χ0n) is 14.4. The quantitative estimate of drug-likeness (QED) is 0.786. The molecule has 0 bridgehead atoms. The zero-order valence-corrected chi connectivity index (χ0v) is 15.9. The van der Waals surface area contributed by atoms with Gasteiger partial charge in [0.15, 0.2) is 6.54 Å². The predicted octanol–water partition coefficient (Wildman–Crippen LogP) is 2.01. The summed E-state index contributed by atoms with van der Waals surface area (Å²) < 4.78 is 5.17. The lowest BCUT2D eigenvalue weighted by molar-refractivity contribution is -0.885. The van der Waals surface area contributed by atoms with E-state index >= 15 is 0 Å². The molecule has 0 aliphatic heterocycles. The minimum absolute atomic E-state index is 0.0567. The van der Waals surface area contributed by atoms with Crippen LogP contribution in [-0.2, 0) is 11.3 Å². The van der Waals surface area contributed by atoms with Gasteiger partial charge in [-0.15, -0.1) is 11.3 Å². The number of carbonyl (C=O) groups excluding carboxylic acids is 1. The molecule has 0 saturated carbocycles. The van der Waals surface area contributed by atoms with Crippen LogP contribution in [0.15, 0.2) is 23.6 Å². The topological polar surface area (TPSA) is 55.7 Å². The summed E-state index contributed by atoms with van der Waals surface area (Å²) in [5.41, 5.74) is 1.84. The van der Waals surface area contributed by atoms with Crippen molar-refractivity contribution in [2.24, 2.45) is 0 Å². The number of thiazole rings is 1. The van der Waals surface area contributed by atoms with Crippen molar-refractivity contribution in [3.05, 3.63) is 33.6 Å². The Bertz CT molecular complexity index is 703. The number of methoxy groups -OCH3 is 1. The molecule has 0 aliphatic rings. The van der Waals surface area contributed by atoms with Crippen LogP contribution < -0.4 is 15.0 Å². The highest BCUT2D eigenvalue weighted by Gasteiger charge is 2.14. The van der Waals surface area contributed by atoms with E-state index in [1.165, 1.54) is 0 Å². The molecule has 0 fully saturated rings. The zero-order chi connectivity index (χ0) is 17.7. The van der Waals surface area contributed by atoms with Crippen molar-refractivity contribution in [3.8, 4) is 17.0 Å². The summed E-state index contributed by atoms with van der Waals surface area (Å²) in [6, 6.07) is 5.79. The number of benzene rings is 1. The van der Waals surface area contributed by atoms with Crippen LogP contribution >= 0.6 is 22.9 Å². The van der Waals surface area contributed by atoms with E-state index in [9.17, 15) is 4.79 Å². The molecular formula is C17H23ClN3O2S+. The Kier molecular flexibility index (Phi) is 6.60. The molecule has 0 spiro atoms. The van der Waals surface area contributed by atoms with Gasteiger partial charge in [0.1, 0.15) is 17.3 Å². The maximum absolute atomic E-state index is 11.8. The van der Waals surface area contributed by atoms with Crippen LogP contribution in [0, 0.1) is 0 Å². The van der Waals surface area contributed by atoms with Crippen LogP contribution in [0.2, 0.25) is 5.02 Å². The lowest BCUT2D eigenvalue weighted by Gasteiger charge is -2.13. The first-order chi connectivity index (χ1) is 11.4. The fourth-order valence-electron chi connectivity index (χ4n) is 2.32. The van der Waals surface area contributed by atoms with E-state index in [1.807, 2.05) is 44.5 Å². The van der Waals surface area contributed by atoms with Crippen LogP contribution in [0.1, 0.15) is 18.9 Å². The van der Waals surface area contributed by atoms with Gasteiger partial charge < -0.3 is 15.0 Å². The number of hydrogen-bond acceptors (Lipinski definition) is 4. The van der Waals surface area contributed by atoms with Crippen LogP contribution in [0.25, 0.3) is 11.3 Å². The molecule has 1 unspecified atom stereocenters. The summed E-state index contributed by atoms with van der Waals surface area (Å²) in [5.74, 6) is 0.706. The van der Waals surface area contributed by atoms with E-state index < -0.39 is 0 Å². The Hall–Kier alpha value is -1.63. The first-order valence-corrected chi connectivity index (χ1v) is 9.03. The van der Waals surface area contributed by atoms with Crippen molar-refractivity contribution in [1.29, 1.82) is 0 Å². The van der Waals surface area contributed by atoms with Gasteiger partial charge in [-0.2, -0.15) is 0 Å². The summed E-state index contributed by atoms with van der Waals surface area (Å²) in [6.07, 6.45) is 0. The van der Waals surface area contributed by atoms with Crippen LogP contribution in [0.3, 0.4) is 0 Å². The fraction of sp³-hybridized carbons (Fsp3) is 0.412. The molecule has 1 aromatic heterocycles. The first-order valence-electron chi connectivity index (χ1n) is 7.78. The molecular weight excluding hydrogens is 346 g/mol. The number of quaternary nitrogens is 1. The Balaban J connectivity index is 2.00. The van der Waals surface area contributed by atoms with Gasteiger partial charge in [-0.05, 0) is 32.0 Å². The smallest absolute Gasteiger partial charge is 0.275 e. The van der Waals surface area contributed by atoms with Crippen molar-refractivity contribution >= 4 is 28.8 Å². The third kappa shape index (κ3) is 5.19. The summed E-state index contributed by atoms with van der Waals surface area (Å²) in [7, 11) is 3.58. The highest BCUT2D eigenvalue weighted by molar-refractivity contribution is 7.09. The average Bonchev–Trinajstić information content (AvgIpc) is 2.94. The SMILES string of the molecule is COc1ccc(-c2csc(C[NH+](C)CC(=O)NC(C)C)n2)cc1Cl. The number of halogens is 1. The number of carbonyl (C=O) groups is 1. The van der Waals surface area contributed by atoms with E-state index in [-0.39, 0.29) is 11.9 Å². The van der Waals surface area contributed by atoms with Crippen molar-refractivity contribution in [1.82, 2.24) is 10.3 Å². The highest BCUT2D eigenvalue weighted by atomic mass is 35.5. The van der Waals surface area contributed by atoms with Crippen molar-refractivity contribution < 1.29 is 14.4 Å².